The molecule has 1 aromatic heterocycles. The highest BCUT2D eigenvalue weighted by Gasteiger charge is 2.30. The maximum atomic E-state index is 12.7. The van der Waals surface area contributed by atoms with Crippen LogP contribution in [-0.4, -0.2) is 10.9 Å². The van der Waals surface area contributed by atoms with Crippen LogP contribution in [0.3, 0.4) is 0 Å². The van der Waals surface area contributed by atoms with Gasteiger partial charge in [0.05, 0.1) is 15.8 Å². The number of aromatic nitrogens is 1. The third-order valence-electron chi connectivity index (χ3n) is 3.41. The Labute approximate surface area is 145 Å². The van der Waals surface area contributed by atoms with E-state index in [1.54, 1.807) is 6.08 Å². The molecule has 0 saturated carbocycles. The molecule has 128 valence electrons. The number of nitrogens with zero attached hydrogens (tertiary/aromatic N) is 1. The molecule has 1 amide bonds. The number of carbonyl (C=O) groups is 1. The molecule has 0 atom stereocenters. The second-order valence-electron chi connectivity index (χ2n) is 5.27. The van der Waals surface area contributed by atoms with Crippen molar-refractivity contribution in [3.05, 3.63) is 70.7 Å². The van der Waals surface area contributed by atoms with Crippen LogP contribution in [0.25, 0.3) is 16.3 Å². The zero-order valence-electron chi connectivity index (χ0n) is 12.9. The fraction of sp³-hybridized carbons (Fsp3) is 0.111. The summed E-state index contributed by atoms with van der Waals surface area (Å²) in [6, 6.07) is 12.5. The van der Waals surface area contributed by atoms with Gasteiger partial charge in [-0.2, -0.15) is 13.2 Å². The predicted octanol–water partition coefficient (Wildman–Crippen LogP) is 4.64. The lowest BCUT2D eigenvalue weighted by Crippen LogP contribution is -2.20. The monoisotopic (exact) mass is 362 g/mol. The second-order valence-corrected chi connectivity index (χ2v) is 6.33. The molecule has 0 fully saturated rings. The van der Waals surface area contributed by atoms with Crippen molar-refractivity contribution in [2.24, 2.45) is 0 Å². The Morgan fingerprint density at radius 3 is 2.72 bits per heavy atom. The summed E-state index contributed by atoms with van der Waals surface area (Å²) in [4.78, 5) is 16.2. The molecule has 3 rings (SSSR count). The number of nitrogens with one attached hydrogen (secondary N) is 1. The van der Waals surface area contributed by atoms with Crippen molar-refractivity contribution in [1.29, 1.82) is 0 Å². The fourth-order valence-corrected chi connectivity index (χ4v) is 3.08. The Morgan fingerprint density at radius 1 is 1.16 bits per heavy atom. The molecule has 0 aliphatic heterocycles. The van der Waals surface area contributed by atoms with Crippen molar-refractivity contribution in [2.75, 3.05) is 0 Å². The van der Waals surface area contributed by atoms with Crippen molar-refractivity contribution in [3.63, 3.8) is 0 Å². The molecule has 0 saturated heterocycles. The number of carbonyl (C=O) groups excluding carboxylic acids is 1. The molecule has 0 radical (unpaired) electrons. The minimum Gasteiger partial charge on any atom is -0.348 e. The van der Waals surface area contributed by atoms with Crippen LogP contribution in [0, 0.1) is 0 Å². The van der Waals surface area contributed by atoms with E-state index < -0.39 is 17.6 Å². The largest absolute Gasteiger partial charge is 0.416 e. The van der Waals surface area contributed by atoms with Gasteiger partial charge < -0.3 is 5.32 Å². The molecule has 0 spiro atoms. The third-order valence-corrected chi connectivity index (χ3v) is 4.41. The fourth-order valence-electron chi connectivity index (χ4n) is 2.21. The lowest BCUT2D eigenvalue weighted by Gasteiger charge is -2.08. The third kappa shape index (κ3) is 4.45. The zero-order valence-corrected chi connectivity index (χ0v) is 13.7. The maximum Gasteiger partial charge on any atom is 0.416 e. The van der Waals surface area contributed by atoms with Crippen LogP contribution in [0.4, 0.5) is 13.2 Å². The Morgan fingerprint density at radius 2 is 1.96 bits per heavy atom. The van der Waals surface area contributed by atoms with Crippen molar-refractivity contribution in [3.8, 4) is 0 Å². The number of hydrogen-bond donors (Lipinski definition) is 1. The van der Waals surface area contributed by atoms with Crippen molar-refractivity contribution in [1.82, 2.24) is 10.3 Å². The van der Waals surface area contributed by atoms with E-state index in [1.165, 1.54) is 29.5 Å². The van der Waals surface area contributed by atoms with Gasteiger partial charge in [-0.25, -0.2) is 4.98 Å². The van der Waals surface area contributed by atoms with Gasteiger partial charge in [-0.15, -0.1) is 11.3 Å². The van der Waals surface area contributed by atoms with E-state index in [1.807, 2.05) is 24.3 Å². The highest BCUT2D eigenvalue weighted by Crippen LogP contribution is 2.29. The predicted molar refractivity (Wildman–Crippen MR) is 91.9 cm³/mol. The molecule has 2 aromatic carbocycles. The minimum atomic E-state index is -4.40. The molecular weight excluding hydrogens is 349 g/mol. The van der Waals surface area contributed by atoms with Gasteiger partial charge in [-0.05, 0) is 35.9 Å². The van der Waals surface area contributed by atoms with Crippen molar-refractivity contribution < 1.29 is 18.0 Å². The van der Waals surface area contributed by atoms with Crippen LogP contribution in [-0.2, 0) is 17.5 Å². The quantitative estimate of drug-likeness (QED) is 0.687. The second kappa shape index (κ2) is 7.06. The molecule has 7 heteroatoms. The molecule has 3 aromatic rings. The highest BCUT2D eigenvalue weighted by atomic mass is 32.1. The normalized spacial score (nSPS) is 12.0. The Hall–Kier alpha value is -2.67. The molecular formula is C18H13F3N2OS. The van der Waals surface area contributed by atoms with Gasteiger partial charge in [0.15, 0.2) is 0 Å². The standard InChI is InChI=1S/C18H13F3N2OS/c19-18(20,21)13-5-3-4-12(10-13)11-22-16(24)8-9-17-23-14-6-1-2-7-15(14)25-17/h1-10H,11H2,(H,22,24). The summed E-state index contributed by atoms with van der Waals surface area (Å²) < 4.78 is 39.0. The number of hydrogen-bond acceptors (Lipinski definition) is 3. The highest BCUT2D eigenvalue weighted by molar-refractivity contribution is 7.19. The summed E-state index contributed by atoms with van der Waals surface area (Å²) >= 11 is 1.46. The van der Waals surface area contributed by atoms with E-state index >= 15 is 0 Å². The summed E-state index contributed by atoms with van der Waals surface area (Å²) in [5, 5.41) is 3.26. The van der Waals surface area contributed by atoms with Gasteiger partial charge in [0.2, 0.25) is 5.91 Å². The van der Waals surface area contributed by atoms with Crippen molar-refractivity contribution in [2.45, 2.75) is 12.7 Å². The van der Waals surface area contributed by atoms with Gasteiger partial charge in [0.25, 0.3) is 0 Å². The van der Waals surface area contributed by atoms with Gasteiger partial charge in [-0.1, -0.05) is 24.3 Å². The number of amides is 1. The minimum absolute atomic E-state index is 0.0208. The summed E-state index contributed by atoms with van der Waals surface area (Å²) in [5.41, 5.74) is 0.511. The molecule has 0 aliphatic rings. The number of alkyl halides is 3. The summed E-state index contributed by atoms with van der Waals surface area (Å²) in [6.45, 7) is 0.0208. The lowest BCUT2D eigenvalue weighted by molar-refractivity contribution is -0.137. The van der Waals surface area contributed by atoms with Gasteiger partial charge >= 0.3 is 6.18 Å². The maximum absolute atomic E-state index is 12.7. The zero-order chi connectivity index (χ0) is 17.9. The SMILES string of the molecule is O=C(C=Cc1nc2ccccc2s1)NCc1cccc(C(F)(F)F)c1. The van der Waals surface area contributed by atoms with Gasteiger partial charge in [0.1, 0.15) is 5.01 Å². The van der Waals surface area contributed by atoms with Crippen LogP contribution in [0.2, 0.25) is 0 Å². The molecule has 25 heavy (non-hydrogen) atoms. The molecule has 0 unspecified atom stereocenters. The molecule has 1 heterocycles. The average Bonchev–Trinajstić information content (AvgIpc) is 3.00. The first kappa shape index (κ1) is 17.2. The van der Waals surface area contributed by atoms with E-state index in [-0.39, 0.29) is 6.54 Å². The van der Waals surface area contributed by atoms with Crippen molar-refractivity contribution >= 4 is 33.5 Å². The number of halogens is 3. The first-order valence-electron chi connectivity index (χ1n) is 7.39. The number of fused-ring (bicyclic) bond motifs is 1. The van der Waals surface area contributed by atoms with E-state index in [0.717, 1.165) is 22.3 Å². The van der Waals surface area contributed by atoms with Crippen LogP contribution >= 0.6 is 11.3 Å². The molecule has 3 nitrogen and oxygen atoms in total. The first-order chi connectivity index (χ1) is 11.9. The van der Waals surface area contributed by atoms with Crippen LogP contribution in [0.1, 0.15) is 16.1 Å². The number of para-hydroxylation sites is 1. The summed E-state index contributed by atoms with van der Waals surface area (Å²) in [7, 11) is 0. The van der Waals surface area contributed by atoms with Crippen LogP contribution in [0.15, 0.2) is 54.6 Å². The van der Waals surface area contributed by atoms with Gasteiger partial charge in [0, 0.05) is 12.6 Å². The topological polar surface area (TPSA) is 42.0 Å². The molecule has 0 bridgehead atoms. The lowest BCUT2D eigenvalue weighted by atomic mass is 10.1. The van der Waals surface area contributed by atoms with Crippen LogP contribution in [0.5, 0.6) is 0 Å². The van der Waals surface area contributed by atoms with Crippen LogP contribution < -0.4 is 5.32 Å². The summed E-state index contributed by atoms with van der Waals surface area (Å²) in [5.74, 6) is -0.392. The van der Waals surface area contributed by atoms with E-state index in [4.69, 9.17) is 0 Å². The summed E-state index contributed by atoms with van der Waals surface area (Å²) in [6.07, 6.45) is -1.48. The smallest absolute Gasteiger partial charge is 0.348 e. The van der Waals surface area contributed by atoms with E-state index in [9.17, 15) is 18.0 Å². The van der Waals surface area contributed by atoms with Gasteiger partial charge in [-0.3, -0.25) is 4.79 Å². The Balaban J connectivity index is 1.61. The Kier molecular flexibility index (Phi) is 4.85. The van der Waals surface area contributed by atoms with E-state index in [2.05, 4.69) is 10.3 Å². The molecule has 1 N–H and O–H groups in total. The first-order valence-corrected chi connectivity index (χ1v) is 8.21. The van der Waals surface area contributed by atoms with E-state index in [0.29, 0.717) is 10.6 Å². The number of benzene rings is 2. The Bertz CT molecular complexity index is 898. The number of thiazole rings is 1. The molecule has 0 aliphatic carbocycles. The average molecular weight is 362 g/mol. The number of rotatable bonds is 4.